The summed E-state index contributed by atoms with van der Waals surface area (Å²) in [6.07, 6.45) is 1.60. The number of benzene rings is 2. The number of hydrogen-bond donors (Lipinski definition) is 1. The molecule has 0 spiro atoms. The molecule has 0 unspecified atom stereocenters. The van der Waals surface area contributed by atoms with Gasteiger partial charge in [-0.25, -0.2) is 4.98 Å². The SMILES string of the molecule is CC[C@H](C)NC(=O)CN(Cc1ccccc1)c1nc(Cc2ccc(C)cc2)ns1. The van der Waals surface area contributed by atoms with Crippen molar-refractivity contribution in [3.8, 4) is 0 Å². The second-order valence-corrected chi connectivity index (χ2v) is 8.10. The van der Waals surface area contributed by atoms with Gasteiger partial charge in [-0.3, -0.25) is 4.79 Å². The lowest BCUT2D eigenvalue weighted by molar-refractivity contribution is -0.120. The Hall–Kier alpha value is -2.73. The molecule has 3 aromatic rings. The van der Waals surface area contributed by atoms with E-state index in [1.807, 2.05) is 30.0 Å². The van der Waals surface area contributed by atoms with Gasteiger partial charge in [0.2, 0.25) is 11.0 Å². The third-order valence-corrected chi connectivity index (χ3v) is 5.60. The van der Waals surface area contributed by atoms with Crippen molar-refractivity contribution in [2.75, 3.05) is 11.4 Å². The molecule has 29 heavy (non-hydrogen) atoms. The number of hydrogen-bond acceptors (Lipinski definition) is 5. The summed E-state index contributed by atoms with van der Waals surface area (Å²) in [5.74, 6) is 0.791. The van der Waals surface area contributed by atoms with Crippen molar-refractivity contribution in [1.82, 2.24) is 14.7 Å². The summed E-state index contributed by atoms with van der Waals surface area (Å²) in [6, 6.07) is 18.7. The molecule has 0 aliphatic rings. The maximum Gasteiger partial charge on any atom is 0.239 e. The number of carbonyl (C=O) groups excluding carboxylic acids is 1. The fourth-order valence-electron chi connectivity index (χ4n) is 2.92. The molecule has 6 heteroatoms. The quantitative estimate of drug-likeness (QED) is 0.572. The maximum atomic E-state index is 12.5. The van der Waals surface area contributed by atoms with Crippen LogP contribution < -0.4 is 10.2 Å². The van der Waals surface area contributed by atoms with E-state index in [1.54, 1.807) is 0 Å². The highest BCUT2D eigenvalue weighted by Crippen LogP contribution is 2.21. The first kappa shape index (κ1) is 21.0. The minimum Gasteiger partial charge on any atom is -0.352 e. The summed E-state index contributed by atoms with van der Waals surface area (Å²) in [5, 5.41) is 3.82. The Morgan fingerprint density at radius 3 is 2.52 bits per heavy atom. The summed E-state index contributed by atoms with van der Waals surface area (Å²) >= 11 is 1.35. The average Bonchev–Trinajstić information content (AvgIpc) is 3.18. The molecule has 0 radical (unpaired) electrons. The van der Waals surface area contributed by atoms with Crippen molar-refractivity contribution in [3.63, 3.8) is 0 Å². The highest BCUT2D eigenvalue weighted by Gasteiger charge is 2.18. The molecule has 1 heterocycles. The Morgan fingerprint density at radius 2 is 1.83 bits per heavy atom. The molecule has 1 N–H and O–H groups in total. The normalized spacial score (nSPS) is 11.8. The van der Waals surface area contributed by atoms with Gasteiger partial charge in [-0.15, -0.1) is 0 Å². The van der Waals surface area contributed by atoms with Crippen molar-refractivity contribution in [3.05, 3.63) is 77.1 Å². The van der Waals surface area contributed by atoms with Crippen molar-refractivity contribution in [2.24, 2.45) is 0 Å². The molecule has 0 aliphatic heterocycles. The minimum absolute atomic E-state index is 0.00515. The zero-order chi connectivity index (χ0) is 20.6. The van der Waals surface area contributed by atoms with Crippen LogP contribution in [0.2, 0.25) is 0 Å². The van der Waals surface area contributed by atoms with Crippen molar-refractivity contribution >= 4 is 22.6 Å². The van der Waals surface area contributed by atoms with Crippen LogP contribution in [0.1, 0.15) is 42.8 Å². The van der Waals surface area contributed by atoms with E-state index in [4.69, 9.17) is 4.98 Å². The van der Waals surface area contributed by atoms with Crippen molar-refractivity contribution in [2.45, 2.75) is 46.2 Å². The van der Waals surface area contributed by atoms with Gasteiger partial charge in [0.15, 0.2) is 0 Å². The second kappa shape index (κ2) is 10.2. The van der Waals surface area contributed by atoms with Crippen LogP contribution in [0.5, 0.6) is 0 Å². The smallest absolute Gasteiger partial charge is 0.239 e. The summed E-state index contributed by atoms with van der Waals surface area (Å²) in [4.78, 5) is 19.3. The van der Waals surface area contributed by atoms with Crippen LogP contribution in [0.25, 0.3) is 0 Å². The molecule has 0 fully saturated rings. The van der Waals surface area contributed by atoms with E-state index in [0.29, 0.717) is 13.0 Å². The molecule has 0 bridgehead atoms. The van der Waals surface area contributed by atoms with Crippen LogP contribution in [-0.2, 0) is 17.8 Å². The molecule has 0 saturated heterocycles. The zero-order valence-electron chi connectivity index (χ0n) is 17.3. The van der Waals surface area contributed by atoms with E-state index in [0.717, 1.165) is 22.9 Å². The van der Waals surface area contributed by atoms with Crippen LogP contribution in [0.3, 0.4) is 0 Å². The molecular formula is C23H28N4OS. The number of carbonyl (C=O) groups is 1. The van der Waals surface area contributed by atoms with E-state index in [9.17, 15) is 4.79 Å². The number of nitrogens with one attached hydrogen (secondary N) is 1. The first-order chi connectivity index (χ1) is 14.0. The van der Waals surface area contributed by atoms with Crippen molar-refractivity contribution in [1.29, 1.82) is 0 Å². The molecule has 5 nitrogen and oxygen atoms in total. The Labute approximate surface area is 177 Å². The monoisotopic (exact) mass is 408 g/mol. The zero-order valence-corrected chi connectivity index (χ0v) is 18.1. The summed E-state index contributed by atoms with van der Waals surface area (Å²) in [6.45, 7) is 7.04. The van der Waals surface area contributed by atoms with Crippen LogP contribution in [0, 0.1) is 6.92 Å². The lowest BCUT2D eigenvalue weighted by Crippen LogP contribution is -2.40. The summed E-state index contributed by atoms with van der Waals surface area (Å²) in [7, 11) is 0. The number of aryl methyl sites for hydroxylation is 1. The number of nitrogens with zero attached hydrogens (tertiary/aromatic N) is 3. The van der Waals surface area contributed by atoms with E-state index in [1.165, 1.54) is 22.7 Å². The second-order valence-electron chi connectivity index (χ2n) is 7.37. The molecule has 1 amide bonds. The van der Waals surface area contributed by atoms with E-state index in [-0.39, 0.29) is 18.5 Å². The fourth-order valence-corrected chi connectivity index (χ4v) is 3.61. The third-order valence-electron chi connectivity index (χ3n) is 4.78. The molecule has 2 aromatic carbocycles. The number of anilines is 1. The predicted molar refractivity (Wildman–Crippen MR) is 119 cm³/mol. The van der Waals surface area contributed by atoms with E-state index >= 15 is 0 Å². The molecule has 1 atom stereocenters. The Kier molecular flexibility index (Phi) is 7.36. The van der Waals surface area contributed by atoms with Gasteiger partial charge in [-0.05, 0) is 31.4 Å². The van der Waals surface area contributed by atoms with Gasteiger partial charge in [-0.2, -0.15) is 4.37 Å². The van der Waals surface area contributed by atoms with Crippen LogP contribution >= 0.6 is 11.5 Å². The molecule has 0 saturated carbocycles. The lowest BCUT2D eigenvalue weighted by Gasteiger charge is -2.22. The van der Waals surface area contributed by atoms with Gasteiger partial charge in [0.1, 0.15) is 5.82 Å². The van der Waals surface area contributed by atoms with Gasteiger partial charge in [-0.1, -0.05) is 67.1 Å². The van der Waals surface area contributed by atoms with Crippen LogP contribution in [-0.4, -0.2) is 27.9 Å². The van der Waals surface area contributed by atoms with E-state index in [2.05, 4.69) is 59.9 Å². The summed E-state index contributed by atoms with van der Waals surface area (Å²) in [5.41, 5.74) is 3.56. The van der Waals surface area contributed by atoms with Gasteiger partial charge < -0.3 is 10.2 Å². The molecule has 152 valence electrons. The van der Waals surface area contributed by atoms with Crippen LogP contribution in [0.15, 0.2) is 54.6 Å². The van der Waals surface area contributed by atoms with Crippen molar-refractivity contribution < 1.29 is 4.79 Å². The van der Waals surface area contributed by atoms with Gasteiger partial charge >= 0.3 is 0 Å². The first-order valence-electron chi connectivity index (χ1n) is 10.00. The first-order valence-corrected chi connectivity index (χ1v) is 10.8. The van der Waals surface area contributed by atoms with Gasteiger partial charge in [0, 0.05) is 30.5 Å². The topological polar surface area (TPSA) is 58.1 Å². The molecular weight excluding hydrogens is 380 g/mol. The maximum absolute atomic E-state index is 12.5. The number of aromatic nitrogens is 2. The molecule has 3 rings (SSSR count). The third kappa shape index (κ3) is 6.39. The van der Waals surface area contributed by atoms with Gasteiger partial charge in [0.05, 0.1) is 6.54 Å². The average molecular weight is 409 g/mol. The Balaban J connectivity index is 1.75. The Morgan fingerprint density at radius 1 is 1.10 bits per heavy atom. The molecule has 1 aromatic heterocycles. The van der Waals surface area contributed by atoms with Gasteiger partial charge in [0.25, 0.3) is 0 Å². The lowest BCUT2D eigenvalue weighted by atomic mass is 10.1. The highest BCUT2D eigenvalue weighted by molar-refractivity contribution is 7.09. The fraction of sp³-hybridized carbons (Fsp3) is 0.348. The minimum atomic E-state index is 0.00515. The highest BCUT2D eigenvalue weighted by atomic mass is 32.1. The van der Waals surface area contributed by atoms with E-state index < -0.39 is 0 Å². The van der Waals surface area contributed by atoms with Crippen LogP contribution in [0.4, 0.5) is 5.13 Å². The standard InChI is InChI=1S/C23H28N4OS/c1-4-18(3)24-22(28)16-27(15-20-8-6-5-7-9-20)23-25-21(26-29-23)14-19-12-10-17(2)11-13-19/h5-13,18H,4,14-16H2,1-3H3,(H,24,28)/t18-/m0/s1. The predicted octanol–water partition coefficient (Wildman–Crippen LogP) is 4.36. The largest absolute Gasteiger partial charge is 0.352 e. The Bertz CT molecular complexity index is 908. The molecule has 0 aliphatic carbocycles. The number of rotatable bonds is 9. The number of amides is 1. The summed E-state index contributed by atoms with van der Waals surface area (Å²) < 4.78 is 4.54.